The van der Waals surface area contributed by atoms with E-state index in [4.69, 9.17) is 27.9 Å². The smallest absolute Gasteiger partial charge is 0.243 e. The number of nitrogens with one attached hydrogen (secondary N) is 2. The molecule has 4 nitrogen and oxygen atoms in total. The molecule has 3 rings (SSSR count). The highest BCUT2D eigenvalue weighted by Gasteiger charge is 2.09. The van der Waals surface area contributed by atoms with Crippen molar-refractivity contribution in [1.29, 1.82) is 0 Å². The van der Waals surface area contributed by atoms with Crippen LogP contribution in [0.25, 0.3) is 0 Å². The largest absolute Gasteiger partial charge is 0.455 e. The predicted octanol–water partition coefficient (Wildman–Crippen LogP) is 5.84. The van der Waals surface area contributed by atoms with Gasteiger partial charge in [0.05, 0.1) is 22.9 Å². The van der Waals surface area contributed by atoms with Crippen molar-refractivity contribution in [2.24, 2.45) is 0 Å². The van der Waals surface area contributed by atoms with Crippen LogP contribution < -0.4 is 15.4 Å². The summed E-state index contributed by atoms with van der Waals surface area (Å²) in [7, 11) is 0. The van der Waals surface area contributed by atoms with E-state index in [1.165, 1.54) is 0 Å². The van der Waals surface area contributed by atoms with Crippen molar-refractivity contribution in [1.82, 2.24) is 0 Å². The fourth-order valence-corrected chi connectivity index (χ4v) is 2.62. The third kappa shape index (κ3) is 4.91. The molecule has 132 valence electrons. The Labute approximate surface area is 161 Å². The highest BCUT2D eigenvalue weighted by Crippen LogP contribution is 2.29. The number of para-hydroxylation sites is 3. The van der Waals surface area contributed by atoms with Crippen molar-refractivity contribution in [3.63, 3.8) is 0 Å². The summed E-state index contributed by atoms with van der Waals surface area (Å²) in [6.45, 7) is 0.0536. The zero-order valence-corrected chi connectivity index (χ0v) is 15.2. The van der Waals surface area contributed by atoms with E-state index in [-0.39, 0.29) is 12.5 Å². The van der Waals surface area contributed by atoms with Crippen LogP contribution in [0, 0.1) is 0 Å². The maximum absolute atomic E-state index is 12.2. The second-order valence-electron chi connectivity index (χ2n) is 5.44. The molecule has 0 aliphatic rings. The minimum absolute atomic E-state index is 0.0536. The van der Waals surface area contributed by atoms with Gasteiger partial charge in [-0.3, -0.25) is 4.79 Å². The summed E-state index contributed by atoms with van der Waals surface area (Å²) in [5, 5.41) is 6.73. The van der Waals surface area contributed by atoms with E-state index in [9.17, 15) is 4.79 Å². The normalized spacial score (nSPS) is 10.2. The van der Waals surface area contributed by atoms with Gasteiger partial charge in [0.25, 0.3) is 0 Å². The highest BCUT2D eigenvalue weighted by atomic mass is 35.5. The van der Waals surface area contributed by atoms with Crippen molar-refractivity contribution in [2.45, 2.75) is 0 Å². The van der Waals surface area contributed by atoms with Crippen LogP contribution in [-0.2, 0) is 4.79 Å². The van der Waals surface area contributed by atoms with E-state index in [2.05, 4.69) is 10.6 Å². The number of benzene rings is 3. The van der Waals surface area contributed by atoms with Gasteiger partial charge in [0, 0.05) is 5.02 Å². The Morgan fingerprint density at radius 2 is 1.62 bits per heavy atom. The van der Waals surface area contributed by atoms with Gasteiger partial charge in [0.15, 0.2) is 5.75 Å². The Hall–Kier alpha value is -2.69. The average Bonchev–Trinajstić information content (AvgIpc) is 2.65. The van der Waals surface area contributed by atoms with E-state index in [1.807, 2.05) is 54.6 Å². The first-order valence-electron chi connectivity index (χ1n) is 7.92. The maximum Gasteiger partial charge on any atom is 0.243 e. The number of carbonyl (C=O) groups is 1. The van der Waals surface area contributed by atoms with Gasteiger partial charge in [0.2, 0.25) is 5.91 Å². The molecule has 0 aromatic heterocycles. The molecule has 3 aromatic carbocycles. The van der Waals surface area contributed by atoms with Crippen molar-refractivity contribution in [3.8, 4) is 11.5 Å². The molecule has 0 aliphatic heterocycles. The van der Waals surface area contributed by atoms with Crippen LogP contribution in [-0.4, -0.2) is 12.5 Å². The second kappa shape index (κ2) is 8.61. The monoisotopic (exact) mass is 386 g/mol. The fraction of sp³-hybridized carbons (Fsp3) is 0.0500. The number of carbonyl (C=O) groups excluding carboxylic acids is 1. The molecule has 0 fully saturated rings. The fourth-order valence-electron chi connectivity index (χ4n) is 2.28. The van der Waals surface area contributed by atoms with E-state index in [0.29, 0.717) is 27.2 Å². The lowest BCUT2D eigenvalue weighted by Gasteiger charge is -2.13. The zero-order chi connectivity index (χ0) is 18.4. The molecule has 0 bridgehead atoms. The third-order valence-electron chi connectivity index (χ3n) is 3.50. The molecule has 6 heteroatoms. The minimum atomic E-state index is -0.247. The lowest BCUT2D eigenvalue weighted by atomic mass is 10.2. The number of hydrogen-bond donors (Lipinski definition) is 2. The SMILES string of the molecule is O=C(CNc1ccccc1Oc1ccccc1)Nc1cc(Cl)ccc1Cl. The lowest BCUT2D eigenvalue weighted by molar-refractivity contribution is -0.114. The summed E-state index contributed by atoms with van der Waals surface area (Å²) < 4.78 is 5.86. The summed E-state index contributed by atoms with van der Waals surface area (Å²) in [5.74, 6) is 1.10. The van der Waals surface area contributed by atoms with Gasteiger partial charge in [-0.2, -0.15) is 0 Å². The third-order valence-corrected chi connectivity index (χ3v) is 4.06. The number of amides is 1. The van der Waals surface area contributed by atoms with Gasteiger partial charge in [-0.15, -0.1) is 0 Å². The molecular weight excluding hydrogens is 371 g/mol. The highest BCUT2D eigenvalue weighted by molar-refractivity contribution is 6.35. The predicted molar refractivity (Wildman–Crippen MR) is 107 cm³/mol. The zero-order valence-electron chi connectivity index (χ0n) is 13.7. The molecule has 1 amide bonds. The topological polar surface area (TPSA) is 50.4 Å². The first-order valence-corrected chi connectivity index (χ1v) is 8.68. The number of ether oxygens (including phenoxy) is 1. The van der Waals surface area contributed by atoms with Crippen LogP contribution >= 0.6 is 23.2 Å². The molecule has 26 heavy (non-hydrogen) atoms. The van der Waals surface area contributed by atoms with E-state index in [0.717, 1.165) is 5.75 Å². The molecule has 0 saturated carbocycles. The molecule has 0 radical (unpaired) electrons. The average molecular weight is 387 g/mol. The van der Waals surface area contributed by atoms with Crippen molar-refractivity contribution >= 4 is 40.5 Å². The summed E-state index contributed by atoms with van der Waals surface area (Å²) in [4.78, 5) is 12.2. The molecule has 0 unspecified atom stereocenters. The van der Waals surface area contributed by atoms with E-state index < -0.39 is 0 Å². The number of rotatable bonds is 6. The molecule has 3 aromatic rings. The summed E-state index contributed by atoms with van der Waals surface area (Å²) in [5.41, 5.74) is 1.18. The molecule has 0 spiro atoms. The van der Waals surface area contributed by atoms with Crippen LogP contribution in [0.5, 0.6) is 11.5 Å². The Morgan fingerprint density at radius 3 is 2.42 bits per heavy atom. The minimum Gasteiger partial charge on any atom is -0.455 e. The van der Waals surface area contributed by atoms with Gasteiger partial charge in [-0.1, -0.05) is 53.5 Å². The van der Waals surface area contributed by atoms with Gasteiger partial charge >= 0.3 is 0 Å². The van der Waals surface area contributed by atoms with Crippen LogP contribution in [0.3, 0.4) is 0 Å². The molecule has 0 atom stereocenters. The van der Waals surface area contributed by atoms with Crippen molar-refractivity contribution < 1.29 is 9.53 Å². The Kier molecular flexibility index (Phi) is 6.00. The molecule has 2 N–H and O–H groups in total. The number of hydrogen-bond acceptors (Lipinski definition) is 3. The van der Waals surface area contributed by atoms with Crippen LogP contribution in [0.15, 0.2) is 72.8 Å². The molecule has 0 aliphatic carbocycles. The summed E-state index contributed by atoms with van der Waals surface area (Å²) in [6.07, 6.45) is 0. The second-order valence-corrected chi connectivity index (χ2v) is 6.28. The van der Waals surface area contributed by atoms with Crippen LogP contribution in [0.4, 0.5) is 11.4 Å². The quantitative estimate of drug-likeness (QED) is 0.559. The molecular formula is C20H16Cl2N2O2. The van der Waals surface area contributed by atoms with Gasteiger partial charge in [-0.05, 0) is 42.5 Å². The Bertz CT molecular complexity index is 901. The van der Waals surface area contributed by atoms with Crippen molar-refractivity contribution in [3.05, 3.63) is 82.8 Å². The van der Waals surface area contributed by atoms with Gasteiger partial charge < -0.3 is 15.4 Å². The summed E-state index contributed by atoms with van der Waals surface area (Å²) in [6, 6.07) is 21.8. The first-order chi connectivity index (χ1) is 12.6. The molecule has 0 saturated heterocycles. The first kappa shape index (κ1) is 18.1. The number of anilines is 2. The number of halogens is 2. The Morgan fingerprint density at radius 1 is 0.885 bits per heavy atom. The molecule has 0 heterocycles. The van der Waals surface area contributed by atoms with E-state index >= 15 is 0 Å². The van der Waals surface area contributed by atoms with Crippen molar-refractivity contribution in [2.75, 3.05) is 17.2 Å². The maximum atomic E-state index is 12.2. The Balaban J connectivity index is 1.64. The standard InChI is InChI=1S/C20H16Cl2N2O2/c21-14-10-11-16(22)18(12-14)24-20(25)13-23-17-8-4-5-9-19(17)26-15-6-2-1-3-7-15/h1-12,23H,13H2,(H,24,25). The van der Waals surface area contributed by atoms with Gasteiger partial charge in [0.1, 0.15) is 5.75 Å². The van der Waals surface area contributed by atoms with Crippen LogP contribution in [0.1, 0.15) is 0 Å². The lowest BCUT2D eigenvalue weighted by Crippen LogP contribution is -2.22. The van der Waals surface area contributed by atoms with Crippen LogP contribution in [0.2, 0.25) is 10.0 Å². The van der Waals surface area contributed by atoms with Gasteiger partial charge in [-0.25, -0.2) is 0 Å². The summed E-state index contributed by atoms with van der Waals surface area (Å²) >= 11 is 12.0. The van der Waals surface area contributed by atoms with E-state index in [1.54, 1.807) is 18.2 Å².